The molecule has 5 rings (SSSR count). The average molecular weight is 560 g/mol. The standard InChI is InChI=1S/C28H26ClN7O2S/c1-5-21-19(13-38-27(21)32-14-30)10-11-31-23(37)12-22-26-35-34-17(4)36(26)28-24(15(2)16(3)39-28)25(33-22)18-6-8-20(29)9-7-18/h5-10,22H,11-13H2,1-4H3,(H,31,37)/b19-10-,21-5+,32-27?/t22-/m0/s1. The summed E-state index contributed by atoms with van der Waals surface area (Å²) in [6.45, 7) is 8.55. The Labute approximate surface area is 235 Å². The molecule has 3 aromatic rings. The molecule has 198 valence electrons. The van der Waals surface area contributed by atoms with Crippen molar-refractivity contribution in [2.45, 2.75) is 40.2 Å². The average Bonchev–Trinajstić information content (AvgIpc) is 3.55. The fourth-order valence-corrected chi connectivity index (χ4v) is 6.06. The van der Waals surface area contributed by atoms with Gasteiger partial charge in [0.2, 0.25) is 18.0 Å². The zero-order valence-corrected chi connectivity index (χ0v) is 23.5. The van der Waals surface area contributed by atoms with Crippen molar-refractivity contribution in [3.8, 4) is 11.2 Å². The van der Waals surface area contributed by atoms with Gasteiger partial charge in [-0.05, 0) is 51.0 Å². The number of amides is 1. The molecular formula is C28H26ClN7O2S. The van der Waals surface area contributed by atoms with E-state index in [0.717, 1.165) is 44.4 Å². The number of nitrogens with one attached hydrogen (secondary N) is 1. The second kappa shape index (κ2) is 11.0. The van der Waals surface area contributed by atoms with E-state index in [-0.39, 0.29) is 12.3 Å². The highest BCUT2D eigenvalue weighted by Crippen LogP contribution is 2.39. The summed E-state index contributed by atoms with van der Waals surface area (Å²) in [5.74, 6) is 1.50. The van der Waals surface area contributed by atoms with Crippen LogP contribution >= 0.6 is 22.9 Å². The Morgan fingerprint density at radius 3 is 2.79 bits per heavy atom. The number of aromatic nitrogens is 3. The highest BCUT2D eigenvalue weighted by Gasteiger charge is 2.32. The minimum atomic E-state index is -0.542. The zero-order chi connectivity index (χ0) is 27.7. The summed E-state index contributed by atoms with van der Waals surface area (Å²) < 4.78 is 7.51. The molecule has 1 amide bonds. The number of rotatable bonds is 5. The van der Waals surface area contributed by atoms with E-state index < -0.39 is 6.04 Å². The number of nitriles is 1. The lowest BCUT2D eigenvalue weighted by Crippen LogP contribution is -2.26. The number of ether oxygens (including phenoxy) is 1. The second-order valence-corrected chi connectivity index (χ2v) is 10.8. The highest BCUT2D eigenvalue weighted by molar-refractivity contribution is 7.15. The van der Waals surface area contributed by atoms with E-state index in [1.807, 2.05) is 54.8 Å². The maximum atomic E-state index is 13.2. The van der Waals surface area contributed by atoms with Crippen LogP contribution < -0.4 is 5.32 Å². The molecule has 0 unspecified atom stereocenters. The van der Waals surface area contributed by atoms with Crippen LogP contribution in [0.2, 0.25) is 5.02 Å². The molecule has 2 aliphatic rings. The molecular weight excluding hydrogens is 534 g/mol. The molecule has 2 aromatic heterocycles. The summed E-state index contributed by atoms with van der Waals surface area (Å²) >= 11 is 7.85. The van der Waals surface area contributed by atoms with Gasteiger partial charge in [0.25, 0.3) is 0 Å². The van der Waals surface area contributed by atoms with Crippen LogP contribution in [0.1, 0.15) is 52.6 Å². The van der Waals surface area contributed by atoms with Crippen LogP contribution in [0.25, 0.3) is 5.00 Å². The molecule has 0 aliphatic carbocycles. The van der Waals surface area contributed by atoms with Gasteiger partial charge in [-0.15, -0.1) is 26.5 Å². The van der Waals surface area contributed by atoms with Crippen LogP contribution in [0.3, 0.4) is 0 Å². The number of hydrogen-bond donors (Lipinski definition) is 1. The molecule has 1 aromatic carbocycles. The first-order chi connectivity index (χ1) is 18.8. The van der Waals surface area contributed by atoms with Crippen molar-refractivity contribution in [1.82, 2.24) is 20.1 Å². The van der Waals surface area contributed by atoms with E-state index in [1.54, 1.807) is 17.5 Å². The first-order valence-corrected chi connectivity index (χ1v) is 13.6. The Morgan fingerprint density at radius 1 is 1.31 bits per heavy atom. The Kier molecular flexibility index (Phi) is 7.46. The van der Waals surface area contributed by atoms with E-state index in [0.29, 0.717) is 29.9 Å². The van der Waals surface area contributed by atoms with Crippen LogP contribution in [-0.4, -0.2) is 45.4 Å². The minimum absolute atomic E-state index is 0.0967. The third-order valence-corrected chi connectivity index (χ3v) is 8.21. The Bertz CT molecular complexity index is 1620. The van der Waals surface area contributed by atoms with Gasteiger partial charge in [-0.3, -0.25) is 14.4 Å². The van der Waals surface area contributed by atoms with Gasteiger partial charge in [-0.1, -0.05) is 35.9 Å². The van der Waals surface area contributed by atoms with Crippen LogP contribution in [0.15, 0.2) is 57.5 Å². The molecule has 39 heavy (non-hydrogen) atoms. The van der Waals surface area contributed by atoms with Crippen molar-refractivity contribution >= 4 is 40.5 Å². The van der Waals surface area contributed by atoms with Crippen LogP contribution in [-0.2, 0) is 9.53 Å². The van der Waals surface area contributed by atoms with Crippen LogP contribution in [0.4, 0.5) is 0 Å². The van der Waals surface area contributed by atoms with Crippen LogP contribution in [0.5, 0.6) is 0 Å². The van der Waals surface area contributed by atoms with Crippen molar-refractivity contribution in [1.29, 1.82) is 5.26 Å². The highest BCUT2D eigenvalue weighted by atomic mass is 35.5. The zero-order valence-electron chi connectivity index (χ0n) is 21.9. The quantitative estimate of drug-likeness (QED) is 0.437. The van der Waals surface area contributed by atoms with Crippen molar-refractivity contribution in [2.75, 3.05) is 13.2 Å². The van der Waals surface area contributed by atoms with E-state index in [4.69, 9.17) is 26.6 Å². The van der Waals surface area contributed by atoms with Crippen molar-refractivity contribution in [3.63, 3.8) is 0 Å². The van der Waals surface area contributed by atoms with Gasteiger partial charge in [0.15, 0.2) is 5.82 Å². The number of nitrogens with zero attached hydrogens (tertiary/aromatic N) is 6. The summed E-state index contributed by atoms with van der Waals surface area (Å²) in [6.07, 6.45) is 5.56. The minimum Gasteiger partial charge on any atom is -0.472 e. The lowest BCUT2D eigenvalue weighted by Gasteiger charge is -2.13. The number of hydrogen-bond acceptors (Lipinski definition) is 8. The molecule has 1 fully saturated rings. The summed E-state index contributed by atoms with van der Waals surface area (Å²) in [5, 5.41) is 22.2. The number of carbonyl (C=O) groups excluding carboxylic acids is 1. The topological polar surface area (TPSA) is 118 Å². The van der Waals surface area contributed by atoms with E-state index >= 15 is 0 Å². The molecule has 1 atom stereocenters. The molecule has 2 aliphatic heterocycles. The maximum Gasteiger partial charge on any atom is 0.232 e. The van der Waals surface area contributed by atoms with Gasteiger partial charge >= 0.3 is 0 Å². The second-order valence-electron chi connectivity index (χ2n) is 9.15. The Hall–Kier alpha value is -4.07. The van der Waals surface area contributed by atoms with Crippen LogP contribution in [0, 0.1) is 32.2 Å². The fraction of sp³-hybridized carbons (Fsp3) is 0.286. The molecule has 0 radical (unpaired) electrons. The first-order valence-electron chi connectivity index (χ1n) is 12.4. The van der Waals surface area contributed by atoms with Gasteiger partial charge in [0.1, 0.15) is 23.5 Å². The smallest absolute Gasteiger partial charge is 0.232 e. The molecule has 1 N–H and O–H groups in total. The van der Waals surface area contributed by atoms with Gasteiger partial charge < -0.3 is 10.1 Å². The number of allylic oxidation sites excluding steroid dienone is 1. The monoisotopic (exact) mass is 559 g/mol. The SMILES string of the molecule is C/C=C1/C(=NC#N)OC/C1=C/CNC(=O)C[C@@H]1N=C(c2ccc(Cl)cc2)c2c(sc(C)c2C)-n2c(C)nnc21. The fourth-order valence-electron chi connectivity index (χ4n) is 4.72. The maximum absolute atomic E-state index is 13.2. The normalized spacial score (nSPS) is 19.3. The molecule has 1 saturated heterocycles. The summed E-state index contributed by atoms with van der Waals surface area (Å²) in [4.78, 5) is 23.2. The third kappa shape index (κ3) is 5.03. The number of aliphatic imine (C=N–C) groups is 2. The predicted octanol–water partition coefficient (Wildman–Crippen LogP) is 5.09. The van der Waals surface area contributed by atoms with E-state index in [1.165, 1.54) is 4.88 Å². The Morgan fingerprint density at radius 2 is 2.08 bits per heavy atom. The van der Waals surface area contributed by atoms with Gasteiger partial charge in [0.05, 0.1) is 12.1 Å². The molecule has 0 bridgehead atoms. The lowest BCUT2D eigenvalue weighted by molar-refractivity contribution is -0.121. The number of halogens is 1. The molecule has 0 saturated carbocycles. The molecule has 9 nitrogen and oxygen atoms in total. The van der Waals surface area contributed by atoms with Crippen molar-refractivity contribution < 1.29 is 9.53 Å². The lowest BCUT2D eigenvalue weighted by atomic mass is 9.99. The van der Waals surface area contributed by atoms with E-state index in [9.17, 15) is 4.79 Å². The summed E-state index contributed by atoms with van der Waals surface area (Å²) in [6, 6.07) is 7.05. The number of aryl methyl sites for hydroxylation is 2. The largest absolute Gasteiger partial charge is 0.472 e. The summed E-state index contributed by atoms with van der Waals surface area (Å²) in [5.41, 5.74) is 5.51. The number of thiophene rings is 1. The number of carbonyl (C=O) groups is 1. The third-order valence-electron chi connectivity index (χ3n) is 6.76. The molecule has 0 spiro atoms. The van der Waals surface area contributed by atoms with Crippen molar-refractivity contribution in [3.05, 3.63) is 85.8 Å². The van der Waals surface area contributed by atoms with Gasteiger partial charge in [-0.2, -0.15) is 5.26 Å². The van der Waals surface area contributed by atoms with Gasteiger partial charge in [0, 0.05) is 33.1 Å². The number of fused-ring (bicyclic) bond motifs is 3. The Balaban J connectivity index is 1.45. The van der Waals surface area contributed by atoms with Gasteiger partial charge in [-0.25, -0.2) is 0 Å². The number of benzene rings is 1. The summed E-state index contributed by atoms with van der Waals surface area (Å²) in [7, 11) is 0. The van der Waals surface area contributed by atoms with Crippen molar-refractivity contribution in [2.24, 2.45) is 9.98 Å². The molecule has 4 heterocycles. The first kappa shape index (κ1) is 26.5. The van der Waals surface area contributed by atoms with E-state index in [2.05, 4.69) is 34.4 Å². The predicted molar refractivity (Wildman–Crippen MR) is 152 cm³/mol. The molecule has 11 heteroatoms.